The SMILES string of the molecule is Cc1ccc(-n2ncc3[nH]c(=O)ncc32)cc1. The fraction of sp³-hybridized carbons (Fsp3) is 0.0833. The second kappa shape index (κ2) is 3.55. The van der Waals surface area contributed by atoms with Gasteiger partial charge in [0.05, 0.1) is 23.6 Å². The largest absolute Gasteiger partial charge is 0.345 e. The Hall–Kier alpha value is -2.43. The third-order valence-corrected chi connectivity index (χ3v) is 2.63. The summed E-state index contributed by atoms with van der Waals surface area (Å²) in [6, 6.07) is 7.99. The van der Waals surface area contributed by atoms with Crippen molar-refractivity contribution in [3.8, 4) is 5.69 Å². The zero-order chi connectivity index (χ0) is 11.8. The smallest absolute Gasteiger partial charge is 0.303 e. The predicted molar refractivity (Wildman–Crippen MR) is 64.2 cm³/mol. The van der Waals surface area contributed by atoms with Crippen molar-refractivity contribution in [1.29, 1.82) is 0 Å². The number of aryl methyl sites for hydroxylation is 1. The van der Waals surface area contributed by atoms with Crippen LogP contribution in [-0.2, 0) is 0 Å². The minimum absolute atomic E-state index is 0.360. The van der Waals surface area contributed by atoms with Gasteiger partial charge in [-0.2, -0.15) is 10.1 Å². The molecule has 5 nitrogen and oxygen atoms in total. The second-order valence-corrected chi connectivity index (χ2v) is 3.88. The minimum atomic E-state index is -0.360. The maximum absolute atomic E-state index is 11.1. The third kappa shape index (κ3) is 1.61. The van der Waals surface area contributed by atoms with Crippen LogP contribution in [0.1, 0.15) is 5.56 Å². The highest BCUT2D eigenvalue weighted by Crippen LogP contribution is 2.14. The Labute approximate surface area is 96.7 Å². The number of aromatic amines is 1. The summed E-state index contributed by atoms with van der Waals surface area (Å²) in [6.45, 7) is 2.03. The first-order valence-corrected chi connectivity index (χ1v) is 5.24. The van der Waals surface area contributed by atoms with Gasteiger partial charge in [-0.15, -0.1) is 0 Å². The average Bonchev–Trinajstić information content (AvgIpc) is 2.73. The molecule has 0 fully saturated rings. The van der Waals surface area contributed by atoms with Crippen LogP contribution in [0.15, 0.2) is 41.5 Å². The molecular weight excluding hydrogens is 216 g/mol. The molecule has 17 heavy (non-hydrogen) atoms. The molecular formula is C12H10N4O. The van der Waals surface area contributed by atoms with E-state index in [4.69, 9.17) is 0 Å². The van der Waals surface area contributed by atoms with E-state index in [1.807, 2.05) is 31.2 Å². The van der Waals surface area contributed by atoms with Crippen molar-refractivity contribution < 1.29 is 0 Å². The van der Waals surface area contributed by atoms with Crippen molar-refractivity contribution in [2.24, 2.45) is 0 Å². The van der Waals surface area contributed by atoms with Gasteiger partial charge in [0.2, 0.25) is 0 Å². The summed E-state index contributed by atoms with van der Waals surface area (Å²) in [7, 11) is 0. The molecule has 0 unspecified atom stereocenters. The van der Waals surface area contributed by atoms with Gasteiger partial charge in [0.25, 0.3) is 0 Å². The molecule has 3 rings (SSSR count). The molecule has 0 atom stereocenters. The summed E-state index contributed by atoms with van der Waals surface area (Å²) >= 11 is 0. The van der Waals surface area contributed by atoms with Crippen LogP contribution in [-0.4, -0.2) is 19.7 Å². The maximum atomic E-state index is 11.1. The molecule has 0 spiro atoms. The summed E-state index contributed by atoms with van der Waals surface area (Å²) in [5.41, 5.74) is 3.25. The predicted octanol–water partition coefficient (Wildman–Crippen LogP) is 1.42. The van der Waals surface area contributed by atoms with Crippen molar-refractivity contribution in [2.45, 2.75) is 6.92 Å². The van der Waals surface area contributed by atoms with Gasteiger partial charge in [-0.25, -0.2) is 9.48 Å². The fourth-order valence-electron chi connectivity index (χ4n) is 1.74. The molecule has 0 bridgehead atoms. The normalized spacial score (nSPS) is 10.9. The van der Waals surface area contributed by atoms with Crippen molar-refractivity contribution in [3.63, 3.8) is 0 Å². The summed E-state index contributed by atoms with van der Waals surface area (Å²) in [6.07, 6.45) is 3.15. The Balaban J connectivity index is 2.24. The molecule has 3 aromatic rings. The summed E-state index contributed by atoms with van der Waals surface area (Å²) in [4.78, 5) is 17.4. The van der Waals surface area contributed by atoms with E-state index in [-0.39, 0.29) is 5.69 Å². The van der Waals surface area contributed by atoms with Gasteiger partial charge in [0, 0.05) is 0 Å². The van der Waals surface area contributed by atoms with Gasteiger partial charge >= 0.3 is 5.69 Å². The van der Waals surface area contributed by atoms with Crippen molar-refractivity contribution in [3.05, 3.63) is 52.7 Å². The van der Waals surface area contributed by atoms with Crippen LogP contribution < -0.4 is 5.69 Å². The molecule has 2 aromatic heterocycles. The molecule has 0 radical (unpaired) electrons. The zero-order valence-corrected chi connectivity index (χ0v) is 9.21. The second-order valence-electron chi connectivity index (χ2n) is 3.88. The highest BCUT2D eigenvalue weighted by molar-refractivity contribution is 5.74. The Morgan fingerprint density at radius 1 is 1.18 bits per heavy atom. The van der Waals surface area contributed by atoms with E-state index in [1.165, 1.54) is 11.8 Å². The van der Waals surface area contributed by atoms with Gasteiger partial charge in [-0.05, 0) is 19.1 Å². The van der Waals surface area contributed by atoms with E-state index < -0.39 is 0 Å². The van der Waals surface area contributed by atoms with Gasteiger partial charge in [-0.1, -0.05) is 17.7 Å². The van der Waals surface area contributed by atoms with Gasteiger partial charge in [0.1, 0.15) is 5.52 Å². The van der Waals surface area contributed by atoms with E-state index in [1.54, 1.807) is 10.9 Å². The lowest BCUT2D eigenvalue weighted by Crippen LogP contribution is -2.08. The van der Waals surface area contributed by atoms with Gasteiger partial charge in [0.15, 0.2) is 0 Å². The van der Waals surface area contributed by atoms with Gasteiger partial charge < -0.3 is 4.98 Å². The molecule has 2 heterocycles. The minimum Gasteiger partial charge on any atom is -0.303 e. The standard InChI is InChI=1S/C12H10N4O/c1-8-2-4-9(5-3-8)16-11-7-13-12(17)15-10(11)6-14-16/h2-7H,1H3,(H,13,15,17). The van der Waals surface area contributed by atoms with Crippen LogP contribution in [0.5, 0.6) is 0 Å². The highest BCUT2D eigenvalue weighted by atomic mass is 16.1. The molecule has 0 amide bonds. The van der Waals surface area contributed by atoms with E-state index in [9.17, 15) is 4.79 Å². The molecule has 0 aliphatic heterocycles. The van der Waals surface area contributed by atoms with Crippen LogP contribution >= 0.6 is 0 Å². The van der Waals surface area contributed by atoms with Crippen molar-refractivity contribution in [1.82, 2.24) is 19.7 Å². The van der Waals surface area contributed by atoms with E-state index in [0.29, 0.717) is 5.52 Å². The molecule has 0 aliphatic rings. The molecule has 0 saturated heterocycles. The Morgan fingerprint density at radius 2 is 1.94 bits per heavy atom. The molecule has 5 heteroatoms. The number of H-pyrrole nitrogens is 1. The van der Waals surface area contributed by atoms with Crippen LogP contribution in [0.4, 0.5) is 0 Å². The number of hydrogen-bond acceptors (Lipinski definition) is 3. The molecule has 84 valence electrons. The van der Waals surface area contributed by atoms with E-state index >= 15 is 0 Å². The number of rotatable bonds is 1. The maximum Gasteiger partial charge on any atom is 0.345 e. The monoisotopic (exact) mass is 226 g/mol. The quantitative estimate of drug-likeness (QED) is 0.682. The molecule has 0 aliphatic carbocycles. The van der Waals surface area contributed by atoms with Crippen molar-refractivity contribution >= 4 is 11.0 Å². The Morgan fingerprint density at radius 3 is 2.71 bits per heavy atom. The fourth-order valence-corrected chi connectivity index (χ4v) is 1.74. The molecule has 1 N–H and O–H groups in total. The number of benzene rings is 1. The highest BCUT2D eigenvalue weighted by Gasteiger charge is 2.05. The van der Waals surface area contributed by atoms with E-state index in [0.717, 1.165) is 11.2 Å². The first-order valence-electron chi connectivity index (χ1n) is 5.24. The first kappa shape index (κ1) is 9.77. The number of nitrogens with one attached hydrogen (secondary N) is 1. The topological polar surface area (TPSA) is 63.6 Å². The zero-order valence-electron chi connectivity index (χ0n) is 9.21. The number of hydrogen-bond donors (Lipinski definition) is 1. The molecule has 0 saturated carbocycles. The number of nitrogens with zero attached hydrogens (tertiary/aromatic N) is 3. The van der Waals surface area contributed by atoms with Crippen LogP contribution in [0.2, 0.25) is 0 Å². The average molecular weight is 226 g/mol. The summed E-state index contributed by atoms with van der Waals surface area (Å²) < 4.78 is 1.75. The lowest BCUT2D eigenvalue weighted by Gasteiger charge is -2.02. The summed E-state index contributed by atoms with van der Waals surface area (Å²) in [5.74, 6) is 0. The lowest BCUT2D eigenvalue weighted by atomic mass is 10.2. The number of fused-ring (bicyclic) bond motifs is 1. The van der Waals surface area contributed by atoms with Gasteiger partial charge in [-0.3, -0.25) is 0 Å². The lowest BCUT2D eigenvalue weighted by molar-refractivity contribution is 0.907. The van der Waals surface area contributed by atoms with Crippen LogP contribution in [0.3, 0.4) is 0 Å². The first-order chi connectivity index (χ1) is 8.24. The Kier molecular flexibility index (Phi) is 2.04. The molecule has 1 aromatic carbocycles. The van der Waals surface area contributed by atoms with Crippen LogP contribution in [0.25, 0.3) is 16.7 Å². The van der Waals surface area contributed by atoms with Crippen molar-refractivity contribution in [2.75, 3.05) is 0 Å². The van der Waals surface area contributed by atoms with Crippen LogP contribution in [0, 0.1) is 6.92 Å². The number of aromatic nitrogens is 4. The third-order valence-electron chi connectivity index (χ3n) is 2.63. The van der Waals surface area contributed by atoms with E-state index in [2.05, 4.69) is 15.1 Å². The Bertz CT molecular complexity index is 724. The summed E-state index contributed by atoms with van der Waals surface area (Å²) in [5, 5.41) is 4.24.